The molecule has 2 bridgehead atoms. The highest BCUT2D eigenvalue weighted by Crippen LogP contribution is 2.49. The molecule has 2 heterocycles. The number of piperidine rings is 1. The third kappa shape index (κ3) is 1.73. The van der Waals surface area contributed by atoms with Gasteiger partial charge in [0.25, 0.3) is 5.91 Å². The molecule has 1 fully saturated rings. The molecule has 0 saturated carbocycles. The Labute approximate surface area is 128 Å². The van der Waals surface area contributed by atoms with Gasteiger partial charge in [0.15, 0.2) is 5.72 Å². The molecule has 4 rings (SSSR count). The lowest BCUT2D eigenvalue weighted by Crippen LogP contribution is -2.58. The van der Waals surface area contributed by atoms with Crippen molar-refractivity contribution in [2.75, 3.05) is 0 Å². The van der Waals surface area contributed by atoms with Crippen LogP contribution in [-0.2, 0) is 4.79 Å². The van der Waals surface area contributed by atoms with E-state index in [9.17, 15) is 9.90 Å². The Kier molecular flexibility index (Phi) is 2.55. The van der Waals surface area contributed by atoms with Crippen molar-refractivity contribution >= 4 is 16.7 Å². The molecule has 22 heavy (non-hydrogen) atoms. The fourth-order valence-electron chi connectivity index (χ4n) is 3.71. The lowest BCUT2D eigenvalue weighted by molar-refractivity contribution is -0.127. The van der Waals surface area contributed by atoms with Crippen LogP contribution in [-0.4, -0.2) is 16.7 Å². The topological polar surface area (TPSA) is 58.6 Å². The highest BCUT2D eigenvalue weighted by atomic mass is 16.5. The van der Waals surface area contributed by atoms with Gasteiger partial charge in [0.2, 0.25) is 0 Å². The summed E-state index contributed by atoms with van der Waals surface area (Å²) in [5, 5.41) is 15.1. The molecule has 0 spiro atoms. The molecule has 1 saturated heterocycles. The van der Waals surface area contributed by atoms with Crippen LogP contribution in [0.25, 0.3) is 10.8 Å². The zero-order valence-corrected chi connectivity index (χ0v) is 12.5. The van der Waals surface area contributed by atoms with E-state index in [1.165, 1.54) is 0 Å². The first-order chi connectivity index (χ1) is 10.5. The number of amides is 1. The standard InChI is InChI=1S/C18H17NO3/c1-10(20)15-13-9-18(2,19-17(15)21)22-14-8-7-11-5-3-4-6-12(11)16(13)14/h3-8,13,20H,9H2,1-2H3,(H,19,21)/b15-10+/t13-,18-/m1/s1. The number of aliphatic hydroxyl groups is 1. The van der Waals surface area contributed by atoms with Crippen molar-refractivity contribution in [3.8, 4) is 5.75 Å². The Morgan fingerprint density at radius 1 is 1.32 bits per heavy atom. The fourth-order valence-corrected chi connectivity index (χ4v) is 3.71. The molecule has 4 heteroatoms. The third-order valence-corrected chi connectivity index (χ3v) is 4.57. The Hall–Kier alpha value is -2.49. The van der Waals surface area contributed by atoms with Crippen molar-refractivity contribution in [3.63, 3.8) is 0 Å². The Balaban J connectivity index is 2.05. The number of hydrogen-bond donors (Lipinski definition) is 2. The highest BCUT2D eigenvalue weighted by Gasteiger charge is 2.47. The number of nitrogens with one attached hydrogen (secondary N) is 1. The molecule has 2 aromatic carbocycles. The number of benzene rings is 2. The van der Waals surface area contributed by atoms with E-state index in [-0.39, 0.29) is 17.6 Å². The molecule has 2 N–H and O–H groups in total. The highest BCUT2D eigenvalue weighted by molar-refractivity contribution is 5.99. The van der Waals surface area contributed by atoms with Crippen LogP contribution in [0.15, 0.2) is 47.7 Å². The maximum atomic E-state index is 12.4. The maximum absolute atomic E-state index is 12.4. The summed E-state index contributed by atoms with van der Waals surface area (Å²) >= 11 is 0. The van der Waals surface area contributed by atoms with Gasteiger partial charge < -0.3 is 15.2 Å². The van der Waals surface area contributed by atoms with Crippen molar-refractivity contribution in [1.82, 2.24) is 5.32 Å². The first-order valence-electron chi connectivity index (χ1n) is 7.41. The van der Waals surface area contributed by atoms with Gasteiger partial charge in [-0.1, -0.05) is 30.3 Å². The molecule has 2 aliphatic heterocycles. The third-order valence-electron chi connectivity index (χ3n) is 4.57. The minimum Gasteiger partial charge on any atom is -0.512 e. The molecule has 112 valence electrons. The second-order valence-electron chi connectivity index (χ2n) is 6.24. The van der Waals surface area contributed by atoms with Crippen LogP contribution in [0.3, 0.4) is 0 Å². The van der Waals surface area contributed by atoms with E-state index < -0.39 is 5.72 Å². The van der Waals surface area contributed by atoms with Gasteiger partial charge in [0, 0.05) is 17.9 Å². The predicted molar refractivity (Wildman–Crippen MR) is 83.8 cm³/mol. The van der Waals surface area contributed by atoms with E-state index in [4.69, 9.17) is 4.74 Å². The molecular formula is C18H17NO3. The zero-order valence-electron chi connectivity index (χ0n) is 12.5. The summed E-state index contributed by atoms with van der Waals surface area (Å²) in [6, 6.07) is 12.0. The van der Waals surface area contributed by atoms with E-state index in [1.54, 1.807) is 6.92 Å². The molecule has 1 amide bonds. The van der Waals surface area contributed by atoms with Crippen LogP contribution >= 0.6 is 0 Å². The van der Waals surface area contributed by atoms with Gasteiger partial charge in [-0.25, -0.2) is 0 Å². The number of fused-ring (bicyclic) bond motifs is 6. The quantitative estimate of drug-likeness (QED) is 0.578. The predicted octanol–water partition coefficient (Wildman–Crippen LogP) is 3.38. The second-order valence-corrected chi connectivity index (χ2v) is 6.24. The summed E-state index contributed by atoms with van der Waals surface area (Å²) in [4.78, 5) is 12.4. The molecule has 2 atom stereocenters. The van der Waals surface area contributed by atoms with E-state index in [0.29, 0.717) is 12.0 Å². The number of hydrogen-bond acceptors (Lipinski definition) is 3. The van der Waals surface area contributed by atoms with Crippen molar-refractivity contribution < 1.29 is 14.6 Å². The molecular weight excluding hydrogens is 278 g/mol. The summed E-state index contributed by atoms with van der Waals surface area (Å²) in [6.45, 7) is 3.44. The second kappa shape index (κ2) is 4.26. The molecule has 2 aromatic rings. The first-order valence-corrected chi connectivity index (χ1v) is 7.41. The fraction of sp³-hybridized carbons (Fsp3) is 0.278. The smallest absolute Gasteiger partial charge is 0.254 e. The number of carbonyl (C=O) groups is 1. The van der Waals surface area contributed by atoms with Crippen LogP contribution in [0.4, 0.5) is 0 Å². The van der Waals surface area contributed by atoms with Crippen molar-refractivity contribution in [3.05, 3.63) is 53.3 Å². The Bertz CT molecular complexity index is 835. The van der Waals surface area contributed by atoms with Gasteiger partial charge in [-0.05, 0) is 30.7 Å². The van der Waals surface area contributed by atoms with Crippen LogP contribution in [0, 0.1) is 0 Å². The normalized spacial score (nSPS) is 28.6. The van der Waals surface area contributed by atoms with E-state index in [0.717, 1.165) is 22.1 Å². The number of carbonyl (C=O) groups excluding carboxylic acids is 1. The average molecular weight is 295 g/mol. The summed E-state index contributed by atoms with van der Waals surface area (Å²) < 4.78 is 6.06. The lowest BCUT2D eigenvalue weighted by Gasteiger charge is -2.45. The van der Waals surface area contributed by atoms with Gasteiger partial charge in [0.1, 0.15) is 5.75 Å². The van der Waals surface area contributed by atoms with E-state index in [2.05, 4.69) is 5.32 Å². The van der Waals surface area contributed by atoms with Crippen molar-refractivity contribution in [1.29, 1.82) is 0 Å². The van der Waals surface area contributed by atoms with Crippen LogP contribution in [0.1, 0.15) is 31.7 Å². The van der Waals surface area contributed by atoms with Gasteiger partial charge >= 0.3 is 0 Å². The Morgan fingerprint density at radius 3 is 2.86 bits per heavy atom. The van der Waals surface area contributed by atoms with E-state index in [1.807, 2.05) is 43.3 Å². The molecule has 0 radical (unpaired) electrons. The monoisotopic (exact) mass is 295 g/mol. The number of rotatable bonds is 0. The summed E-state index contributed by atoms with van der Waals surface area (Å²) in [6.07, 6.45) is 0.618. The van der Waals surface area contributed by atoms with Crippen molar-refractivity contribution in [2.24, 2.45) is 0 Å². The SMILES string of the molecule is C/C(O)=C1\C(=O)N[C@@]2(C)C[C@H]1c1c(ccc3ccccc13)O2. The molecule has 0 unspecified atom stereocenters. The van der Waals surface area contributed by atoms with Crippen LogP contribution < -0.4 is 10.1 Å². The number of allylic oxidation sites excluding steroid dienone is 1. The summed E-state index contributed by atoms with van der Waals surface area (Å²) in [7, 11) is 0. The minimum atomic E-state index is -0.726. The van der Waals surface area contributed by atoms with Crippen molar-refractivity contribution in [2.45, 2.75) is 31.9 Å². The molecule has 2 aliphatic rings. The van der Waals surface area contributed by atoms with Crippen LogP contribution in [0.5, 0.6) is 5.75 Å². The Morgan fingerprint density at radius 2 is 2.09 bits per heavy atom. The average Bonchev–Trinajstić information content (AvgIpc) is 2.44. The maximum Gasteiger partial charge on any atom is 0.254 e. The van der Waals surface area contributed by atoms with Gasteiger partial charge in [0.05, 0.1) is 11.3 Å². The minimum absolute atomic E-state index is 0.0744. The lowest BCUT2D eigenvalue weighted by atomic mass is 9.76. The number of ether oxygens (including phenoxy) is 1. The summed E-state index contributed by atoms with van der Waals surface area (Å²) in [5.74, 6) is 0.442. The molecule has 4 nitrogen and oxygen atoms in total. The molecule has 0 aliphatic carbocycles. The molecule has 0 aromatic heterocycles. The van der Waals surface area contributed by atoms with Gasteiger partial charge in [-0.3, -0.25) is 4.79 Å². The van der Waals surface area contributed by atoms with Gasteiger partial charge in [-0.2, -0.15) is 0 Å². The van der Waals surface area contributed by atoms with Gasteiger partial charge in [-0.15, -0.1) is 0 Å². The van der Waals surface area contributed by atoms with Crippen LogP contribution in [0.2, 0.25) is 0 Å². The first kappa shape index (κ1) is 13.2. The number of aliphatic hydroxyl groups excluding tert-OH is 1. The summed E-state index contributed by atoms with van der Waals surface area (Å²) in [5.41, 5.74) is 0.711. The largest absolute Gasteiger partial charge is 0.512 e. The van der Waals surface area contributed by atoms with E-state index >= 15 is 0 Å². The zero-order chi connectivity index (χ0) is 15.5.